The van der Waals surface area contributed by atoms with E-state index in [9.17, 15) is 0 Å². The molecule has 148 valence electrons. The molecule has 0 saturated carbocycles. The van der Waals surface area contributed by atoms with Gasteiger partial charge in [-0.1, -0.05) is 24.6 Å². The Balaban J connectivity index is 1.46. The third-order valence-electron chi connectivity index (χ3n) is 5.40. The van der Waals surface area contributed by atoms with E-state index in [4.69, 9.17) is 16.0 Å². The molecule has 3 aromatic rings. The second-order valence-electron chi connectivity index (χ2n) is 7.15. The van der Waals surface area contributed by atoms with Crippen LogP contribution in [0.4, 0.5) is 5.69 Å². The molecule has 8 heteroatoms. The Labute approximate surface area is 169 Å². The summed E-state index contributed by atoms with van der Waals surface area (Å²) < 4.78 is 7.30. The van der Waals surface area contributed by atoms with Gasteiger partial charge in [-0.2, -0.15) is 0 Å². The van der Waals surface area contributed by atoms with Crippen LogP contribution in [0.15, 0.2) is 41.0 Å². The predicted octanol–water partition coefficient (Wildman–Crippen LogP) is 3.55. The molecular weight excluding hydrogens is 376 g/mol. The van der Waals surface area contributed by atoms with Crippen molar-refractivity contribution in [1.82, 2.24) is 25.1 Å². The van der Waals surface area contributed by atoms with Gasteiger partial charge in [0.1, 0.15) is 12.3 Å². The topological polar surface area (TPSA) is 63.2 Å². The van der Waals surface area contributed by atoms with Crippen LogP contribution in [0.2, 0.25) is 5.02 Å². The van der Waals surface area contributed by atoms with E-state index in [1.165, 1.54) is 11.3 Å². The second kappa shape index (κ2) is 8.32. The van der Waals surface area contributed by atoms with E-state index in [1.54, 1.807) is 6.26 Å². The van der Waals surface area contributed by atoms with E-state index in [0.29, 0.717) is 6.54 Å². The van der Waals surface area contributed by atoms with E-state index in [-0.39, 0.29) is 6.04 Å². The summed E-state index contributed by atoms with van der Waals surface area (Å²) in [7, 11) is 0. The number of rotatable bonds is 6. The van der Waals surface area contributed by atoms with Crippen LogP contribution in [0, 0.1) is 6.92 Å². The minimum Gasteiger partial charge on any atom is -0.467 e. The number of anilines is 1. The van der Waals surface area contributed by atoms with Crippen molar-refractivity contribution in [3.8, 4) is 0 Å². The number of benzene rings is 1. The molecule has 0 radical (unpaired) electrons. The Morgan fingerprint density at radius 1 is 1.18 bits per heavy atom. The van der Waals surface area contributed by atoms with Gasteiger partial charge >= 0.3 is 0 Å². The van der Waals surface area contributed by atoms with Gasteiger partial charge in [0.25, 0.3) is 0 Å². The molecule has 3 heterocycles. The predicted molar refractivity (Wildman–Crippen MR) is 109 cm³/mol. The maximum absolute atomic E-state index is 6.21. The molecule has 1 aromatic carbocycles. The fraction of sp³-hybridized carbons (Fsp3) is 0.450. The molecule has 1 aliphatic heterocycles. The first kappa shape index (κ1) is 19.0. The molecule has 28 heavy (non-hydrogen) atoms. The van der Waals surface area contributed by atoms with Crippen LogP contribution in [-0.2, 0) is 6.54 Å². The third-order valence-corrected chi connectivity index (χ3v) is 5.63. The van der Waals surface area contributed by atoms with Crippen LogP contribution in [0.5, 0.6) is 0 Å². The van der Waals surface area contributed by atoms with E-state index in [0.717, 1.165) is 49.2 Å². The van der Waals surface area contributed by atoms with Crippen LogP contribution in [0.3, 0.4) is 0 Å². The maximum atomic E-state index is 6.21. The van der Waals surface area contributed by atoms with Crippen molar-refractivity contribution in [2.24, 2.45) is 0 Å². The third kappa shape index (κ3) is 3.91. The van der Waals surface area contributed by atoms with Crippen molar-refractivity contribution >= 4 is 17.3 Å². The smallest absolute Gasteiger partial charge is 0.168 e. The van der Waals surface area contributed by atoms with Gasteiger partial charge in [0.15, 0.2) is 5.82 Å². The average Bonchev–Trinajstić information content (AvgIpc) is 3.38. The first-order valence-corrected chi connectivity index (χ1v) is 10.1. The average molecular weight is 401 g/mol. The lowest BCUT2D eigenvalue weighted by atomic mass is 10.1. The van der Waals surface area contributed by atoms with Crippen molar-refractivity contribution in [2.45, 2.75) is 32.9 Å². The summed E-state index contributed by atoms with van der Waals surface area (Å²) in [6.07, 6.45) is 2.63. The number of hydrogen-bond acceptors (Lipinski definition) is 6. The Morgan fingerprint density at radius 3 is 2.71 bits per heavy atom. The van der Waals surface area contributed by atoms with Crippen molar-refractivity contribution in [3.05, 3.63) is 58.8 Å². The number of hydrogen-bond donors (Lipinski definition) is 0. The summed E-state index contributed by atoms with van der Waals surface area (Å²) in [6.45, 7) is 8.69. The summed E-state index contributed by atoms with van der Waals surface area (Å²) >= 11 is 6.21. The summed E-state index contributed by atoms with van der Waals surface area (Å²) in [5.41, 5.74) is 2.48. The summed E-state index contributed by atoms with van der Waals surface area (Å²) in [5, 5.41) is 13.2. The fourth-order valence-electron chi connectivity index (χ4n) is 3.91. The molecular formula is C20H25ClN6O. The number of aryl methyl sites for hydroxylation is 1. The normalized spacial score (nSPS) is 16.5. The number of furan rings is 1. The van der Waals surface area contributed by atoms with Crippen LogP contribution >= 0.6 is 11.6 Å². The highest BCUT2D eigenvalue weighted by Crippen LogP contribution is 2.28. The maximum Gasteiger partial charge on any atom is 0.168 e. The summed E-state index contributed by atoms with van der Waals surface area (Å²) in [5.74, 6) is 1.75. The first-order valence-electron chi connectivity index (χ1n) is 9.69. The summed E-state index contributed by atoms with van der Waals surface area (Å²) in [4.78, 5) is 4.89. The number of nitrogens with zero attached hydrogens (tertiary/aromatic N) is 6. The van der Waals surface area contributed by atoms with Crippen molar-refractivity contribution < 1.29 is 4.42 Å². The van der Waals surface area contributed by atoms with Crippen molar-refractivity contribution in [3.63, 3.8) is 0 Å². The highest BCUT2D eigenvalue weighted by molar-refractivity contribution is 6.30. The largest absolute Gasteiger partial charge is 0.467 e. The molecule has 1 aliphatic rings. The van der Waals surface area contributed by atoms with E-state index < -0.39 is 0 Å². The van der Waals surface area contributed by atoms with Crippen LogP contribution in [-0.4, -0.2) is 51.3 Å². The standard InChI is InChI=1S/C20H25ClN6O/c1-3-18(20-22-23-24-27(20)14-17-5-4-12-28-17)25-8-10-26(11-9-25)19-13-16(21)7-6-15(19)2/h4-7,12-13,18H,3,8-11,14H2,1-2H3/t18-/m1/s1. The number of halogens is 1. The van der Waals surface area contributed by atoms with Gasteiger partial charge in [-0.15, -0.1) is 5.10 Å². The van der Waals surface area contributed by atoms with Crippen LogP contribution in [0.25, 0.3) is 0 Å². The summed E-state index contributed by atoms with van der Waals surface area (Å²) in [6, 6.07) is 10.1. The molecule has 0 spiro atoms. The van der Waals surface area contributed by atoms with Gasteiger partial charge in [0.05, 0.1) is 12.3 Å². The SMILES string of the molecule is CC[C@H](c1nnnn1Cc1ccco1)N1CCN(c2cc(Cl)ccc2C)CC1. The quantitative estimate of drug-likeness (QED) is 0.630. The molecule has 2 aromatic heterocycles. The van der Waals surface area contributed by atoms with Gasteiger partial charge in [-0.25, -0.2) is 4.68 Å². The van der Waals surface area contributed by atoms with Gasteiger partial charge < -0.3 is 9.32 Å². The minimum absolute atomic E-state index is 0.188. The number of tetrazole rings is 1. The highest BCUT2D eigenvalue weighted by Gasteiger charge is 2.28. The molecule has 0 amide bonds. The van der Waals surface area contributed by atoms with Crippen molar-refractivity contribution in [1.29, 1.82) is 0 Å². The first-order chi connectivity index (χ1) is 13.7. The minimum atomic E-state index is 0.188. The van der Waals surface area contributed by atoms with Gasteiger partial charge in [-0.3, -0.25) is 4.90 Å². The second-order valence-corrected chi connectivity index (χ2v) is 7.59. The molecule has 7 nitrogen and oxygen atoms in total. The van der Waals surface area contributed by atoms with Crippen LogP contribution < -0.4 is 4.90 Å². The lowest BCUT2D eigenvalue weighted by molar-refractivity contribution is 0.169. The lowest BCUT2D eigenvalue weighted by Crippen LogP contribution is -2.48. The van der Waals surface area contributed by atoms with Gasteiger partial charge in [0.2, 0.25) is 0 Å². The molecule has 1 atom stereocenters. The molecule has 1 fully saturated rings. The Bertz CT molecular complexity index is 901. The molecule has 0 N–H and O–H groups in total. The van der Waals surface area contributed by atoms with Gasteiger partial charge in [0, 0.05) is 36.9 Å². The molecule has 0 unspecified atom stereocenters. The zero-order valence-corrected chi connectivity index (χ0v) is 17.0. The Hall–Kier alpha value is -2.38. The molecule has 0 aliphatic carbocycles. The van der Waals surface area contributed by atoms with Gasteiger partial charge in [-0.05, 0) is 53.6 Å². The Kier molecular flexibility index (Phi) is 5.64. The molecule has 1 saturated heterocycles. The van der Waals surface area contributed by atoms with Crippen LogP contribution in [0.1, 0.15) is 36.5 Å². The highest BCUT2D eigenvalue weighted by atomic mass is 35.5. The van der Waals surface area contributed by atoms with E-state index >= 15 is 0 Å². The molecule has 4 rings (SSSR count). The Morgan fingerprint density at radius 2 is 2.00 bits per heavy atom. The number of piperazine rings is 1. The van der Waals surface area contributed by atoms with E-state index in [2.05, 4.69) is 51.3 Å². The fourth-order valence-corrected chi connectivity index (χ4v) is 4.08. The molecule has 0 bridgehead atoms. The zero-order valence-electron chi connectivity index (χ0n) is 16.3. The lowest BCUT2D eigenvalue weighted by Gasteiger charge is -2.40. The zero-order chi connectivity index (χ0) is 19.5. The van der Waals surface area contributed by atoms with Crippen molar-refractivity contribution in [2.75, 3.05) is 31.1 Å². The van der Waals surface area contributed by atoms with E-state index in [1.807, 2.05) is 22.9 Å². The monoisotopic (exact) mass is 400 g/mol. The number of aromatic nitrogens is 4.